The predicted octanol–water partition coefficient (Wildman–Crippen LogP) is 4.22. The van der Waals surface area contributed by atoms with Crippen molar-refractivity contribution in [3.05, 3.63) is 53.3 Å². The topological polar surface area (TPSA) is 34.1 Å². The molecule has 0 aliphatic rings. The van der Waals surface area contributed by atoms with Gasteiger partial charge in [-0.2, -0.15) is 13.2 Å². The van der Waals surface area contributed by atoms with Gasteiger partial charge in [-0.1, -0.05) is 6.07 Å². The molecule has 0 saturated heterocycles. The van der Waals surface area contributed by atoms with Crippen molar-refractivity contribution >= 4 is 9.84 Å². The minimum absolute atomic E-state index is 0.0182. The summed E-state index contributed by atoms with van der Waals surface area (Å²) >= 11 is 0. The van der Waals surface area contributed by atoms with Gasteiger partial charge < -0.3 is 0 Å². The molecule has 0 heterocycles. The zero-order valence-electron chi connectivity index (χ0n) is 11.7. The Kier molecular flexibility index (Phi) is 4.04. The molecule has 22 heavy (non-hydrogen) atoms. The number of benzene rings is 2. The summed E-state index contributed by atoms with van der Waals surface area (Å²) in [6.07, 6.45) is -3.78. The molecule has 0 fully saturated rings. The molecule has 0 spiro atoms. The molecular weight excluding hydrogens is 320 g/mol. The van der Waals surface area contributed by atoms with E-state index in [1.54, 1.807) is 6.92 Å². The van der Waals surface area contributed by atoms with Gasteiger partial charge in [-0.3, -0.25) is 0 Å². The normalized spacial score (nSPS) is 12.5. The first-order valence-corrected chi connectivity index (χ1v) is 8.06. The molecular formula is C15H12F4O2S. The van der Waals surface area contributed by atoms with Crippen LogP contribution in [0.15, 0.2) is 41.3 Å². The number of sulfone groups is 1. The van der Waals surface area contributed by atoms with Crippen LogP contribution in [0.5, 0.6) is 0 Å². The fourth-order valence-electron chi connectivity index (χ4n) is 2.13. The Morgan fingerprint density at radius 3 is 2.14 bits per heavy atom. The molecule has 0 aliphatic heterocycles. The Morgan fingerprint density at radius 1 is 1.00 bits per heavy atom. The maximum Gasteiger partial charge on any atom is 0.417 e. The molecule has 0 radical (unpaired) electrons. The van der Waals surface area contributed by atoms with E-state index in [4.69, 9.17) is 0 Å². The van der Waals surface area contributed by atoms with Gasteiger partial charge in [0.2, 0.25) is 0 Å². The van der Waals surface area contributed by atoms with E-state index in [-0.39, 0.29) is 16.0 Å². The van der Waals surface area contributed by atoms with Crippen LogP contribution in [0.2, 0.25) is 0 Å². The second kappa shape index (κ2) is 5.39. The van der Waals surface area contributed by atoms with Crippen molar-refractivity contribution < 1.29 is 26.0 Å². The van der Waals surface area contributed by atoms with Crippen LogP contribution in [-0.2, 0) is 16.0 Å². The third-order valence-corrected chi connectivity index (χ3v) is 4.19. The van der Waals surface area contributed by atoms with Crippen LogP contribution in [0, 0.1) is 12.7 Å². The Labute approximate surface area is 125 Å². The van der Waals surface area contributed by atoms with Crippen LogP contribution >= 0.6 is 0 Å². The lowest BCUT2D eigenvalue weighted by atomic mass is 9.98. The zero-order valence-corrected chi connectivity index (χ0v) is 12.5. The van der Waals surface area contributed by atoms with E-state index in [1.807, 2.05) is 0 Å². The average molecular weight is 332 g/mol. The second-order valence-corrected chi connectivity index (χ2v) is 7.01. The van der Waals surface area contributed by atoms with E-state index in [0.29, 0.717) is 11.6 Å². The molecule has 0 aromatic heterocycles. The second-order valence-electron chi connectivity index (χ2n) is 4.99. The first-order valence-electron chi connectivity index (χ1n) is 6.17. The van der Waals surface area contributed by atoms with Crippen LogP contribution in [0.3, 0.4) is 0 Å². The van der Waals surface area contributed by atoms with Gasteiger partial charge in [-0.15, -0.1) is 0 Å². The summed E-state index contributed by atoms with van der Waals surface area (Å²) in [5, 5.41) is 0. The molecule has 2 aromatic rings. The number of rotatable bonds is 2. The molecule has 2 nitrogen and oxygen atoms in total. The highest BCUT2D eigenvalue weighted by molar-refractivity contribution is 7.90. The molecule has 7 heteroatoms. The number of halogens is 4. The summed E-state index contributed by atoms with van der Waals surface area (Å²) in [5.74, 6) is -0.687. The Hall–Kier alpha value is -1.89. The predicted molar refractivity (Wildman–Crippen MR) is 74.7 cm³/mol. The largest absolute Gasteiger partial charge is 0.417 e. The summed E-state index contributed by atoms with van der Waals surface area (Å²) in [6, 6.07) is 6.02. The fraction of sp³-hybridized carbons (Fsp3) is 0.200. The van der Waals surface area contributed by atoms with Crippen LogP contribution in [-0.4, -0.2) is 14.7 Å². The van der Waals surface area contributed by atoms with E-state index >= 15 is 0 Å². The highest BCUT2D eigenvalue weighted by atomic mass is 32.2. The molecule has 0 saturated carbocycles. The third-order valence-electron chi connectivity index (χ3n) is 3.08. The van der Waals surface area contributed by atoms with Crippen molar-refractivity contribution in [2.45, 2.75) is 18.0 Å². The van der Waals surface area contributed by atoms with Gasteiger partial charge in [0.15, 0.2) is 9.84 Å². The molecule has 0 N–H and O–H groups in total. The first-order chi connectivity index (χ1) is 9.98. The molecule has 0 atom stereocenters. The summed E-state index contributed by atoms with van der Waals surface area (Å²) < 4.78 is 75.9. The van der Waals surface area contributed by atoms with E-state index in [9.17, 15) is 26.0 Å². The van der Waals surface area contributed by atoms with Gasteiger partial charge in [0, 0.05) is 6.26 Å². The van der Waals surface area contributed by atoms with Crippen molar-refractivity contribution in [2.75, 3.05) is 6.26 Å². The quantitative estimate of drug-likeness (QED) is 0.772. The van der Waals surface area contributed by atoms with E-state index in [0.717, 1.165) is 24.5 Å². The summed E-state index contributed by atoms with van der Waals surface area (Å²) in [7, 11) is -3.68. The molecule has 2 aromatic carbocycles. The Balaban J connectivity index is 2.80. The van der Waals surface area contributed by atoms with Gasteiger partial charge in [0.05, 0.1) is 10.5 Å². The molecule has 118 valence electrons. The van der Waals surface area contributed by atoms with Crippen molar-refractivity contribution in [1.82, 2.24) is 0 Å². The Bertz CT molecular complexity index is 804. The first kappa shape index (κ1) is 16.5. The minimum atomic E-state index is -4.68. The van der Waals surface area contributed by atoms with Gasteiger partial charge in [0.1, 0.15) is 5.82 Å². The van der Waals surface area contributed by atoms with Gasteiger partial charge in [-0.05, 0) is 53.9 Å². The van der Waals surface area contributed by atoms with Crippen molar-refractivity contribution in [2.24, 2.45) is 0 Å². The highest BCUT2D eigenvalue weighted by Gasteiger charge is 2.34. The van der Waals surface area contributed by atoms with Crippen LogP contribution in [0.1, 0.15) is 11.1 Å². The van der Waals surface area contributed by atoms with Crippen molar-refractivity contribution in [1.29, 1.82) is 0 Å². The van der Waals surface area contributed by atoms with Gasteiger partial charge >= 0.3 is 6.18 Å². The summed E-state index contributed by atoms with van der Waals surface area (Å²) in [4.78, 5) is -0.252. The number of alkyl halides is 3. The van der Waals surface area contributed by atoms with Crippen LogP contribution in [0.4, 0.5) is 17.6 Å². The molecule has 0 amide bonds. The molecule has 0 aliphatic carbocycles. The van der Waals surface area contributed by atoms with Crippen molar-refractivity contribution in [3.8, 4) is 11.1 Å². The smallest absolute Gasteiger partial charge is 0.224 e. The lowest BCUT2D eigenvalue weighted by molar-refractivity contribution is -0.137. The lowest BCUT2D eigenvalue weighted by Crippen LogP contribution is -2.09. The van der Waals surface area contributed by atoms with Gasteiger partial charge in [0.25, 0.3) is 0 Å². The maximum atomic E-state index is 13.5. The monoisotopic (exact) mass is 332 g/mol. The third kappa shape index (κ3) is 3.47. The maximum absolute atomic E-state index is 13.5. The zero-order chi connectivity index (χ0) is 16.7. The number of hydrogen-bond acceptors (Lipinski definition) is 2. The lowest BCUT2D eigenvalue weighted by Gasteiger charge is -2.15. The molecule has 2 rings (SSSR count). The number of aryl methyl sites for hydroxylation is 1. The standard InChI is InChI=1S/C15H12F4O2S/c1-9-5-10(7-11(16)6-9)13-8-12(22(2,20)21)3-4-14(13)15(17,18)19/h3-8H,1-2H3. The average Bonchev–Trinajstić information content (AvgIpc) is 2.34. The number of hydrogen-bond donors (Lipinski definition) is 0. The minimum Gasteiger partial charge on any atom is -0.224 e. The molecule has 0 bridgehead atoms. The van der Waals surface area contributed by atoms with Gasteiger partial charge in [-0.25, -0.2) is 12.8 Å². The van der Waals surface area contributed by atoms with Crippen molar-refractivity contribution in [3.63, 3.8) is 0 Å². The SMILES string of the molecule is Cc1cc(F)cc(-c2cc(S(C)(=O)=O)ccc2C(F)(F)F)c1. The van der Waals surface area contributed by atoms with E-state index in [2.05, 4.69) is 0 Å². The van der Waals surface area contributed by atoms with E-state index < -0.39 is 27.4 Å². The van der Waals surface area contributed by atoms with Crippen LogP contribution in [0.25, 0.3) is 11.1 Å². The molecule has 0 unspecified atom stereocenters. The summed E-state index contributed by atoms with van der Waals surface area (Å²) in [5.41, 5.74) is -0.953. The fourth-order valence-corrected chi connectivity index (χ4v) is 2.78. The van der Waals surface area contributed by atoms with Crippen LogP contribution < -0.4 is 0 Å². The highest BCUT2D eigenvalue weighted by Crippen LogP contribution is 2.38. The Morgan fingerprint density at radius 2 is 1.64 bits per heavy atom. The summed E-state index contributed by atoms with van der Waals surface area (Å²) in [6.45, 7) is 1.54. The van der Waals surface area contributed by atoms with E-state index in [1.165, 1.54) is 12.1 Å².